The Balaban J connectivity index is 1.71. The zero-order valence-corrected chi connectivity index (χ0v) is 16.8. The van der Waals surface area contributed by atoms with Crippen LogP contribution in [0.5, 0.6) is 5.75 Å². The topological polar surface area (TPSA) is 39.5 Å². The summed E-state index contributed by atoms with van der Waals surface area (Å²) in [6.45, 7) is 2.58. The summed E-state index contributed by atoms with van der Waals surface area (Å²) < 4.78 is 27.4. The molecule has 2 heterocycles. The van der Waals surface area contributed by atoms with Crippen molar-refractivity contribution in [1.29, 1.82) is 0 Å². The van der Waals surface area contributed by atoms with Crippen molar-refractivity contribution in [3.8, 4) is 22.7 Å². The van der Waals surface area contributed by atoms with Crippen molar-refractivity contribution in [1.82, 2.24) is 14.7 Å². The number of benzene rings is 2. The summed E-state index contributed by atoms with van der Waals surface area (Å²) in [5, 5.41) is 4.75. The van der Waals surface area contributed by atoms with E-state index in [1.807, 2.05) is 41.2 Å². The van der Waals surface area contributed by atoms with E-state index in [0.717, 1.165) is 37.2 Å². The van der Waals surface area contributed by atoms with E-state index >= 15 is 0 Å². The van der Waals surface area contributed by atoms with Crippen molar-refractivity contribution >= 4 is 0 Å². The minimum Gasteiger partial charge on any atom is -0.497 e. The van der Waals surface area contributed by atoms with Crippen LogP contribution in [0.3, 0.4) is 0 Å². The van der Waals surface area contributed by atoms with Gasteiger partial charge in [-0.2, -0.15) is 5.10 Å². The molecule has 0 spiro atoms. The highest BCUT2D eigenvalue weighted by Crippen LogP contribution is 2.30. The van der Waals surface area contributed by atoms with Crippen LogP contribution in [0.25, 0.3) is 16.9 Å². The van der Waals surface area contributed by atoms with E-state index < -0.39 is 0 Å². The predicted octanol–water partition coefficient (Wildman–Crippen LogP) is 4.30. The third-order valence-electron chi connectivity index (χ3n) is 5.43. The predicted molar refractivity (Wildman–Crippen MR) is 111 cm³/mol. The van der Waals surface area contributed by atoms with Gasteiger partial charge < -0.3 is 9.47 Å². The van der Waals surface area contributed by atoms with Crippen LogP contribution in [0.4, 0.5) is 4.39 Å². The zero-order valence-electron chi connectivity index (χ0n) is 16.8. The zero-order chi connectivity index (χ0) is 20.2. The van der Waals surface area contributed by atoms with Gasteiger partial charge in [0.2, 0.25) is 0 Å². The molecule has 1 fully saturated rings. The molecule has 0 unspecified atom stereocenters. The van der Waals surface area contributed by atoms with Crippen LogP contribution < -0.4 is 4.74 Å². The first-order valence-corrected chi connectivity index (χ1v) is 9.91. The number of halogens is 1. The molecule has 1 aliphatic rings. The monoisotopic (exact) mass is 395 g/mol. The summed E-state index contributed by atoms with van der Waals surface area (Å²) in [7, 11) is 3.30. The number of piperidine rings is 1. The average molecular weight is 395 g/mol. The van der Waals surface area contributed by atoms with Crippen LogP contribution in [0.15, 0.2) is 54.7 Å². The molecular weight excluding hydrogens is 369 g/mol. The van der Waals surface area contributed by atoms with Crippen LogP contribution in [-0.4, -0.2) is 48.1 Å². The maximum absolute atomic E-state index is 14.8. The Hall–Kier alpha value is -2.70. The second kappa shape index (κ2) is 8.76. The molecule has 2 aromatic carbocycles. The van der Waals surface area contributed by atoms with Crippen LogP contribution >= 0.6 is 0 Å². The summed E-state index contributed by atoms with van der Waals surface area (Å²) in [5.74, 6) is 0.159. The van der Waals surface area contributed by atoms with E-state index in [1.54, 1.807) is 19.2 Å². The Morgan fingerprint density at radius 1 is 1.14 bits per heavy atom. The summed E-state index contributed by atoms with van der Waals surface area (Å²) in [6, 6.07) is 14.8. The SMILES string of the molecule is COc1ccc(-c2nn(-c3ccccc3)cc2CN2CCC[C@H](OC)C2)c(F)c1. The fourth-order valence-electron chi connectivity index (χ4n) is 3.87. The van der Waals surface area contributed by atoms with Crippen molar-refractivity contribution in [3.63, 3.8) is 0 Å². The normalized spacial score (nSPS) is 17.4. The van der Waals surface area contributed by atoms with Crippen LogP contribution in [0.2, 0.25) is 0 Å². The number of hydrogen-bond acceptors (Lipinski definition) is 4. The molecule has 0 amide bonds. The van der Waals surface area contributed by atoms with Crippen molar-refractivity contribution in [2.45, 2.75) is 25.5 Å². The summed E-state index contributed by atoms with van der Waals surface area (Å²) in [6.07, 6.45) is 4.42. The maximum atomic E-state index is 14.8. The van der Waals surface area contributed by atoms with Gasteiger partial charge >= 0.3 is 0 Å². The smallest absolute Gasteiger partial charge is 0.136 e. The largest absolute Gasteiger partial charge is 0.497 e. The summed E-state index contributed by atoms with van der Waals surface area (Å²) in [5.41, 5.74) is 3.08. The van der Waals surface area contributed by atoms with Crippen LogP contribution in [0.1, 0.15) is 18.4 Å². The highest BCUT2D eigenvalue weighted by molar-refractivity contribution is 5.65. The maximum Gasteiger partial charge on any atom is 0.136 e. The Morgan fingerprint density at radius 2 is 1.97 bits per heavy atom. The van der Waals surface area contributed by atoms with Gasteiger partial charge in [0.05, 0.1) is 18.9 Å². The highest BCUT2D eigenvalue weighted by atomic mass is 19.1. The third kappa shape index (κ3) is 4.33. The van der Waals surface area contributed by atoms with Crippen LogP contribution in [-0.2, 0) is 11.3 Å². The Kier molecular flexibility index (Phi) is 5.92. The molecule has 0 aliphatic carbocycles. The van der Waals surface area contributed by atoms with Gasteiger partial charge in [0.15, 0.2) is 0 Å². The number of rotatable bonds is 6. The molecular formula is C23H26FN3O2. The molecule has 29 heavy (non-hydrogen) atoms. The molecule has 0 saturated carbocycles. The summed E-state index contributed by atoms with van der Waals surface area (Å²) >= 11 is 0. The van der Waals surface area contributed by atoms with E-state index in [2.05, 4.69) is 4.90 Å². The Bertz CT molecular complexity index is 958. The lowest BCUT2D eigenvalue weighted by molar-refractivity contribution is 0.0286. The molecule has 152 valence electrons. The number of likely N-dealkylation sites (tertiary alicyclic amines) is 1. The second-order valence-electron chi connectivity index (χ2n) is 7.36. The van der Waals surface area contributed by atoms with Gasteiger partial charge in [-0.1, -0.05) is 18.2 Å². The lowest BCUT2D eigenvalue weighted by atomic mass is 10.0. The number of ether oxygens (including phenoxy) is 2. The molecule has 1 aromatic heterocycles. The van der Waals surface area contributed by atoms with Crippen molar-refractivity contribution in [2.24, 2.45) is 0 Å². The lowest BCUT2D eigenvalue weighted by Gasteiger charge is -2.31. The van der Waals surface area contributed by atoms with Gasteiger partial charge in [0.1, 0.15) is 17.3 Å². The molecule has 1 aliphatic heterocycles. The van der Waals surface area contributed by atoms with E-state index in [1.165, 1.54) is 13.2 Å². The molecule has 0 N–H and O–H groups in total. The highest BCUT2D eigenvalue weighted by Gasteiger charge is 2.23. The first-order valence-electron chi connectivity index (χ1n) is 9.91. The van der Waals surface area contributed by atoms with Crippen LogP contribution in [0, 0.1) is 5.82 Å². The molecule has 4 rings (SSSR count). The minimum atomic E-state index is -0.336. The van der Waals surface area contributed by atoms with Gasteiger partial charge in [-0.25, -0.2) is 9.07 Å². The number of para-hydroxylation sites is 1. The second-order valence-corrected chi connectivity index (χ2v) is 7.36. The Morgan fingerprint density at radius 3 is 2.69 bits per heavy atom. The molecule has 6 heteroatoms. The fraction of sp³-hybridized carbons (Fsp3) is 0.348. The molecule has 1 atom stereocenters. The number of nitrogens with zero attached hydrogens (tertiary/aromatic N) is 3. The van der Waals surface area contributed by atoms with E-state index in [-0.39, 0.29) is 11.9 Å². The van der Waals surface area contributed by atoms with Crippen molar-refractivity contribution in [2.75, 3.05) is 27.3 Å². The molecule has 0 bridgehead atoms. The number of methoxy groups -OCH3 is 2. The van der Waals surface area contributed by atoms with E-state index in [0.29, 0.717) is 23.6 Å². The molecule has 3 aromatic rings. The van der Waals surface area contributed by atoms with Gasteiger partial charge in [0, 0.05) is 43.6 Å². The standard InChI is InChI=1S/C23H26FN3O2/c1-28-19-10-11-21(22(24)13-19)23-17(14-26-12-6-9-20(16-26)29-2)15-27(25-23)18-7-4-3-5-8-18/h3-5,7-8,10-11,13,15,20H,6,9,12,14,16H2,1-2H3/t20-/m0/s1. The molecule has 1 saturated heterocycles. The molecule has 5 nitrogen and oxygen atoms in total. The first-order chi connectivity index (χ1) is 14.2. The van der Waals surface area contributed by atoms with Crippen molar-refractivity contribution in [3.05, 3.63) is 66.1 Å². The third-order valence-corrected chi connectivity index (χ3v) is 5.43. The van der Waals surface area contributed by atoms with Gasteiger partial charge in [-0.15, -0.1) is 0 Å². The van der Waals surface area contributed by atoms with Gasteiger partial charge in [-0.3, -0.25) is 4.90 Å². The fourth-order valence-corrected chi connectivity index (χ4v) is 3.87. The molecule has 0 radical (unpaired) electrons. The quantitative estimate of drug-likeness (QED) is 0.624. The number of hydrogen-bond donors (Lipinski definition) is 0. The van der Waals surface area contributed by atoms with E-state index in [4.69, 9.17) is 14.6 Å². The number of aromatic nitrogens is 2. The average Bonchev–Trinajstić information content (AvgIpc) is 3.17. The lowest BCUT2D eigenvalue weighted by Crippen LogP contribution is -2.38. The van der Waals surface area contributed by atoms with Gasteiger partial charge in [0.25, 0.3) is 0 Å². The van der Waals surface area contributed by atoms with Gasteiger partial charge in [-0.05, 0) is 43.7 Å². The van der Waals surface area contributed by atoms with Crippen molar-refractivity contribution < 1.29 is 13.9 Å². The Labute approximate surface area is 170 Å². The summed E-state index contributed by atoms with van der Waals surface area (Å²) in [4.78, 5) is 2.36. The van der Waals surface area contributed by atoms with E-state index in [9.17, 15) is 4.39 Å². The minimum absolute atomic E-state index is 0.245. The first kappa shape index (κ1) is 19.6.